The van der Waals surface area contributed by atoms with Crippen molar-refractivity contribution in [3.05, 3.63) is 29.3 Å². The Kier molecular flexibility index (Phi) is 1.77. The van der Waals surface area contributed by atoms with Crippen molar-refractivity contribution in [3.8, 4) is 5.75 Å². The first-order valence-corrected chi connectivity index (χ1v) is 4.54. The molecule has 0 saturated carbocycles. The van der Waals surface area contributed by atoms with Gasteiger partial charge in [0.2, 0.25) is 0 Å². The SMILES string of the molecule is CC1(C)Cc2cccc(C(=O)O)c2O1. The van der Waals surface area contributed by atoms with E-state index < -0.39 is 5.97 Å². The molecule has 0 spiro atoms. The number of hydrogen-bond acceptors (Lipinski definition) is 2. The highest BCUT2D eigenvalue weighted by Crippen LogP contribution is 2.37. The molecule has 1 aliphatic heterocycles. The Hall–Kier alpha value is -1.51. The Morgan fingerprint density at radius 2 is 2.21 bits per heavy atom. The van der Waals surface area contributed by atoms with Gasteiger partial charge in [-0.2, -0.15) is 0 Å². The van der Waals surface area contributed by atoms with E-state index in [2.05, 4.69) is 0 Å². The first-order chi connectivity index (χ1) is 6.49. The summed E-state index contributed by atoms with van der Waals surface area (Å²) in [6, 6.07) is 5.24. The number of rotatable bonds is 1. The molecule has 1 aromatic carbocycles. The number of para-hydroxylation sites is 1. The Balaban J connectivity index is 2.52. The summed E-state index contributed by atoms with van der Waals surface area (Å²) < 4.78 is 5.61. The topological polar surface area (TPSA) is 46.5 Å². The van der Waals surface area contributed by atoms with Crippen LogP contribution in [-0.4, -0.2) is 16.7 Å². The molecule has 2 rings (SSSR count). The van der Waals surface area contributed by atoms with Gasteiger partial charge in [-0.1, -0.05) is 12.1 Å². The minimum atomic E-state index is -0.931. The van der Waals surface area contributed by atoms with Gasteiger partial charge in [-0.25, -0.2) is 4.79 Å². The molecule has 1 aliphatic rings. The molecule has 3 heteroatoms. The molecular formula is C11H12O3. The van der Waals surface area contributed by atoms with Crippen LogP contribution in [0, 0.1) is 0 Å². The number of hydrogen-bond donors (Lipinski definition) is 1. The lowest BCUT2D eigenvalue weighted by molar-refractivity contribution is 0.0685. The van der Waals surface area contributed by atoms with Crippen molar-refractivity contribution >= 4 is 5.97 Å². The van der Waals surface area contributed by atoms with E-state index in [0.29, 0.717) is 5.75 Å². The fraction of sp³-hybridized carbons (Fsp3) is 0.364. The number of carboxylic acid groups (broad SMARTS) is 1. The van der Waals surface area contributed by atoms with Gasteiger partial charge < -0.3 is 9.84 Å². The Morgan fingerprint density at radius 1 is 1.50 bits per heavy atom. The lowest BCUT2D eigenvalue weighted by Gasteiger charge is -2.17. The predicted octanol–water partition coefficient (Wildman–Crippen LogP) is 2.10. The molecule has 0 atom stereocenters. The van der Waals surface area contributed by atoms with Gasteiger partial charge in [0, 0.05) is 6.42 Å². The van der Waals surface area contributed by atoms with Crippen LogP contribution in [0.2, 0.25) is 0 Å². The average molecular weight is 192 g/mol. The van der Waals surface area contributed by atoms with Crippen molar-refractivity contribution in [3.63, 3.8) is 0 Å². The van der Waals surface area contributed by atoms with E-state index in [1.54, 1.807) is 12.1 Å². The van der Waals surface area contributed by atoms with Crippen molar-refractivity contribution in [2.75, 3.05) is 0 Å². The zero-order chi connectivity index (χ0) is 10.3. The van der Waals surface area contributed by atoms with E-state index >= 15 is 0 Å². The summed E-state index contributed by atoms with van der Waals surface area (Å²) in [5.41, 5.74) is 0.955. The van der Waals surface area contributed by atoms with Crippen LogP contribution in [0.15, 0.2) is 18.2 Å². The molecule has 74 valence electrons. The van der Waals surface area contributed by atoms with E-state index in [9.17, 15) is 4.79 Å². The molecule has 0 amide bonds. The molecular weight excluding hydrogens is 180 g/mol. The Labute approximate surface area is 82.3 Å². The fourth-order valence-corrected chi connectivity index (χ4v) is 1.78. The highest BCUT2D eigenvalue weighted by molar-refractivity contribution is 5.91. The van der Waals surface area contributed by atoms with E-state index in [-0.39, 0.29) is 11.2 Å². The lowest BCUT2D eigenvalue weighted by Crippen LogP contribution is -2.25. The standard InChI is InChI=1S/C11H12O3/c1-11(2)6-7-4-3-5-8(10(12)13)9(7)14-11/h3-5H,6H2,1-2H3,(H,12,13). The van der Waals surface area contributed by atoms with Crippen molar-refractivity contribution in [2.45, 2.75) is 25.9 Å². The van der Waals surface area contributed by atoms with Crippen LogP contribution >= 0.6 is 0 Å². The summed E-state index contributed by atoms with van der Waals surface area (Å²) >= 11 is 0. The molecule has 0 fully saturated rings. The molecule has 0 aliphatic carbocycles. The van der Waals surface area contributed by atoms with Crippen LogP contribution in [0.1, 0.15) is 29.8 Å². The normalized spacial score (nSPS) is 17.3. The highest BCUT2D eigenvalue weighted by atomic mass is 16.5. The molecule has 0 saturated heterocycles. The zero-order valence-electron chi connectivity index (χ0n) is 8.20. The summed E-state index contributed by atoms with van der Waals surface area (Å²) in [5, 5.41) is 8.94. The number of carbonyl (C=O) groups is 1. The quantitative estimate of drug-likeness (QED) is 0.741. The van der Waals surface area contributed by atoms with Crippen LogP contribution < -0.4 is 4.74 Å². The maximum absolute atomic E-state index is 10.9. The van der Waals surface area contributed by atoms with Crippen LogP contribution in [0.3, 0.4) is 0 Å². The summed E-state index contributed by atoms with van der Waals surface area (Å²) in [6.07, 6.45) is 0.767. The maximum atomic E-state index is 10.9. The monoisotopic (exact) mass is 192 g/mol. The molecule has 0 bridgehead atoms. The first kappa shape index (κ1) is 9.06. The summed E-state index contributed by atoms with van der Waals surface area (Å²) in [6.45, 7) is 3.91. The minimum absolute atomic E-state index is 0.257. The van der Waals surface area contributed by atoms with Gasteiger partial charge in [-0.05, 0) is 25.5 Å². The third-order valence-corrected chi connectivity index (χ3v) is 2.32. The van der Waals surface area contributed by atoms with Crippen LogP contribution in [0.5, 0.6) is 5.75 Å². The number of carboxylic acids is 1. The summed E-state index contributed by atoms with van der Waals surface area (Å²) in [7, 11) is 0. The van der Waals surface area contributed by atoms with Crippen LogP contribution in [-0.2, 0) is 6.42 Å². The summed E-state index contributed by atoms with van der Waals surface area (Å²) in [5.74, 6) is -0.399. The van der Waals surface area contributed by atoms with E-state index in [1.807, 2.05) is 19.9 Å². The van der Waals surface area contributed by atoms with Gasteiger partial charge in [-0.15, -0.1) is 0 Å². The minimum Gasteiger partial charge on any atom is -0.486 e. The van der Waals surface area contributed by atoms with Gasteiger partial charge in [0.15, 0.2) is 0 Å². The molecule has 0 radical (unpaired) electrons. The zero-order valence-corrected chi connectivity index (χ0v) is 8.20. The van der Waals surface area contributed by atoms with Gasteiger partial charge in [0.25, 0.3) is 0 Å². The number of ether oxygens (including phenoxy) is 1. The van der Waals surface area contributed by atoms with E-state index in [1.165, 1.54) is 0 Å². The molecule has 1 N–H and O–H groups in total. The van der Waals surface area contributed by atoms with Gasteiger partial charge in [0.1, 0.15) is 16.9 Å². The molecule has 0 aromatic heterocycles. The van der Waals surface area contributed by atoms with Crippen molar-refractivity contribution in [1.82, 2.24) is 0 Å². The van der Waals surface area contributed by atoms with Crippen LogP contribution in [0.25, 0.3) is 0 Å². The maximum Gasteiger partial charge on any atom is 0.339 e. The second-order valence-electron chi connectivity index (χ2n) is 4.14. The molecule has 1 heterocycles. The number of aromatic carboxylic acids is 1. The molecule has 14 heavy (non-hydrogen) atoms. The summed E-state index contributed by atoms with van der Waals surface area (Å²) in [4.78, 5) is 10.9. The smallest absolute Gasteiger partial charge is 0.339 e. The Morgan fingerprint density at radius 3 is 2.86 bits per heavy atom. The van der Waals surface area contributed by atoms with Crippen molar-refractivity contribution < 1.29 is 14.6 Å². The van der Waals surface area contributed by atoms with Gasteiger partial charge in [0.05, 0.1) is 0 Å². The molecule has 1 aromatic rings. The number of benzene rings is 1. The van der Waals surface area contributed by atoms with Gasteiger partial charge >= 0.3 is 5.97 Å². The third-order valence-electron chi connectivity index (χ3n) is 2.32. The highest BCUT2D eigenvalue weighted by Gasteiger charge is 2.32. The predicted molar refractivity (Wildman–Crippen MR) is 51.8 cm³/mol. The average Bonchev–Trinajstić information content (AvgIpc) is 2.36. The first-order valence-electron chi connectivity index (χ1n) is 4.54. The molecule has 0 unspecified atom stereocenters. The number of fused-ring (bicyclic) bond motifs is 1. The van der Waals surface area contributed by atoms with E-state index in [0.717, 1.165) is 12.0 Å². The van der Waals surface area contributed by atoms with Crippen LogP contribution in [0.4, 0.5) is 0 Å². The second kappa shape index (κ2) is 2.74. The van der Waals surface area contributed by atoms with Crippen molar-refractivity contribution in [2.24, 2.45) is 0 Å². The Bertz CT molecular complexity index is 394. The third kappa shape index (κ3) is 1.35. The van der Waals surface area contributed by atoms with Crippen molar-refractivity contribution in [1.29, 1.82) is 0 Å². The van der Waals surface area contributed by atoms with E-state index in [4.69, 9.17) is 9.84 Å². The lowest BCUT2D eigenvalue weighted by atomic mass is 10.0. The largest absolute Gasteiger partial charge is 0.486 e. The second-order valence-corrected chi connectivity index (χ2v) is 4.14. The molecule has 3 nitrogen and oxygen atoms in total. The fourth-order valence-electron chi connectivity index (χ4n) is 1.78. The van der Waals surface area contributed by atoms with Gasteiger partial charge in [-0.3, -0.25) is 0 Å².